The number of hydrogen-bond donors (Lipinski definition) is 0. The largest absolute Gasteiger partial charge is 0.490 e. The first-order chi connectivity index (χ1) is 11.2. The van der Waals surface area contributed by atoms with Gasteiger partial charge in [0.15, 0.2) is 5.69 Å². The maximum Gasteiger partial charge on any atom is 0.189 e. The van der Waals surface area contributed by atoms with Crippen LogP contribution in [0.2, 0.25) is 0 Å². The van der Waals surface area contributed by atoms with E-state index in [2.05, 4.69) is 33.4 Å². The van der Waals surface area contributed by atoms with E-state index in [4.69, 9.17) is 11.3 Å². The van der Waals surface area contributed by atoms with E-state index in [0.29, 0.717) is 11.7 Å². The van der Waals surface area contributed by atoms with Crippen molar-refractivity contribution in [2.75, 3.05) is 57.3 Å². The van der Waals surface area contributed by atoms with Crippen LogP contribution in [0.25, 0.3) is 4.85 Å². The topological polar surface area (TPSA) is 23.3 Å². The van der Waals surface area contributed by atoms with Gasteiger partial charge >= 0.3 is 0 Å². The zero-order valence-electron chi connectivity index (χ0n) is 14.2. The molecule has 1 aromatic carbocycles. The third-order valence-corrected chi connectivity index (χ3v) is 4.85. The standard InChI is InChI=1S/C18H26N4O/c1-15(2)21-9-6-20(7-10-21)8-11-22-12-13-23-18-5-4-16(19-3)14-17(18)22/h4-5,14-15H,6-13H2,1-2H3. The molecule has 0 amide bonds. The number of hydrogen-bond acceptors (Lipinski definition) is 4. The first-order valence-corrected chi connectivity index (χ1v) is 8.53. The van der Waals surface area contributed by atoms with Crippen LogP contribution in [0.3, 0.4) is 0 Å². The Balaban J connectivity index is 1.57. The monoisotopic (exact) mass is 314 g/mol. The highest BCUT2D eigenvalue weighted by molar-refractivity contribution is 5.67. The molecular formula is C18H26N4O. The summed E-state index contributed by atoms with van der Waals surface area (Å²) in [5.74, 6) is 0.910. The summed E-state index contributed by atoms with van der Waals surface area (Å²) in [4.78, 5) is 11.0. The summed E-state index contributed by atoms with van der Waals surface area (Å²) in [7, 11) is 0. The van der Waals surface area contributed by atoms with Crippen molar-refractivity contribution >= 4 is 11.4 Å². The van der Waals surface area contributed by atoms with Gasteiger partial charge in [0.1, 0.15) is 12.4 Å². The SMILES string of the molecule is [C-]#[N+]c1ccc2c(c1)N(CCN1CCN(C(C)C)CC1)CCO2. The van der Waals surface area contributed by atoms with Crippen LogP contribution < -0.4 is 9.64 Å². The van der Waals surface area contributed by atoms with Crippen molar-refractivity contribution in [2.24, 2.45) is 0 Å². The lowest BCUT2D eigenvalue weighted by Crippen LogP contribution is -2.50. The number of fused-ring (bicyclic) bond motifs is 1. The normalized spacial score (nSPS) is 19.3. The van der Waals surface area contributed by atoms with Gasteiger partial charge < -0.3 is 9.64 Å². The van der Waals surface area contributed by atoms with Gasteiger partial charge in [-0.05, 0) is 26.0 Å². The zero-order valence-corrected chi connectivity index (χ0v) is 14.2. The predicted molar refractivity (Wildman–Crippen MR) is 93.6 cm³/mol. The number of piperazine rings is 1. The average Bonchev–Trinajstić information content (AvgIpc) is 2.59. The summed E-state index contributed by atoms with van der Waals surface area (Å²) in [5, 5.41) is 0. The fraction of sp³-hybridized carbons (Fsp3) is 0.611. The lowest BCUT2D eigenvalue weighted by molar-refractivity contribution is 0.110. The van der Waals surface area contributed by atoms with E-state index in [-0.39, 0.29) is 0 Å². The van der Waals surface area contributed by atoms with Crippen molar-refractivity contribution in [3.8, 4) is 5.75 Å². The molecule has 0 aliphatic carbocycles. The summed E-state index contributed by atoms with van der Waals surface area (Å²) in [6, 6.07) is 6.37. The Labute approximate surface area is 139 Å². The smallest absolute Gasteiger partial charge is 0.189 e. The number of anilines is 1. The van der Waals surface area contributed by atoms with Gasteiger partial charge in [-0.2, -0.15) is 0 Å². The van der Waals surface area contributed by atoms with Crippen LogP contribution in [-0.4, -0.2) is 68.3 Å². The quantitative estimate of drug-likeness (QED) is 0.797. The summed E-state index contributed by atoms with van der Waals surface area (Å²) < 4.78 is 5.72. The highest BCUT2D eigenvalue weighted by Crippen LogP contribution is 2.34. The molecule has 0 atom stereocenters. The molecule has 0 radical (unpaired) electrons. The molecular weight excluding hydrogens is 288 g/mol. The third-order valence-electron chi connectivity index (χ3n) is 4.85. The minimum absolute atomic E-state index is 0.648. The van der Waals surface area contributed by atoms with Gasteiger partial charge in [0.05, 0.1) is 18.8 Å². The summed E-state index contributed by atoms with van der Waals surface area (Å²) in [6.07, 6.45) is 0. The second kappa shape index (κ2) is 7.20. The molecule has 124 valence electrons. The molecule has 1 aromatic rings. The number of benzene rings is 1. The molecule has 5 heteroatoms. The van der Waals surface area contributed by atoms with Gasteiger partial charge in [-0.1, -0.05) is 6.07 Å². The van der Waals surface area contributed by atoms with Crippen molar-refractivity contribution in [1.82, 2.24) is 9.80 Å². The maximum absolute atomic E-state index is 7.20. The molecule has 0 bridgehead atoms. The van der Waals surface area contributed by atoms with Crippen LogP contribution in [0, 0.1) is 6.57 Å². The van der Waals surface area contributed by atoms with Crippen LogP contribution in [0.5, 0.6) is 5.75 Å². The molecule has 0 unspecified atom stereocenters. The van der Waals surface area contributed by atoms with E-state index < -0.39 is 0 Å². The first kappa shape index (κ1) is 16.1. The molecule has 23 heavy (non-hydrogen) atoms. The fourth-order valence-corrected chi connectivity index (χ4v) is 3.33. The van der Waals surface area contributed by atoms with Crippen LogP contribution in [0.4, 0.5) is 11.4 Å². The molecule has 2 aliphatic heterocycles. The first-order valence-electron chi connectivity index (χ1n) is 8.53. The van der Waals surface area contributed by atoms with Crippen LogP contribution in [0.15, 0.2) is 18.2 Å². The highest BCUT2D eigenvalue weighted by Gasteiger charge is 2.22. The average molecular weight is 314 g/mol. The van der Waals surface area contributed by atoms with E-state index in [1.165, 1.54) is 13.1 Å². The summed E-state index contributed by atoms with van der Waals surface area (Å²) >= 11 is 0. The maximum atomic E-state index is 7.20. The van der Waals surface area contributed by atoms with Crippen molar-refractivity contribution in [3.05, 3.63) is 29.6 Å². The van der Waals surface area contributed by atoms with E-state index in [9.17, 15) is 0 Å². The molecule has 0 N–H and O–H groups in total. The molecule has 5 nitrogen and oxygen atoms in total. The number of nitrogens with zero attached hydrogens (tertiary/aromatic N) is 4. The molecule has 2 heterocycles. The van der Waals surface area contributed by atoms with Gasteiger partial charge in [-0.25, -0.2) is 4.85 Å². The van der Waals surface area contributed by atoms with Crippen molar-refractivity contribution < 1.29 is 4.74 Å². The Morgan fingerprint density at radius 1 is 1.13 bits per heavy atom. The number of ether oxygens (including phenoxy) is 1. The minimum Gasteiger partial charge on any atom is -0.490 e. The van der Waals surface area contributed by atoms with Crippen LogP contribution >= 0.6 is 0 Å². The van der Waals surface area contributed by atoms with Gasteiger partial charge in [0.25, 0.3) is 0 Å². The fourth-order valence-electron chi connectivity index (χ4n) is 3.33. The van der Waals surface area contributed by atoms with E-state index in [1.807, 2.05) is 18.2 Å². The van der Waals surface area contributed by atoms with E-state index >= 15 is 0 Å². The molecule has 1 fully saturated rings. The Hall–Kier alpha value is -1.77. The molecule has 0 spiro atoms. The third kappa shape index (κ3) is 3.77. The molecule has 2 aliphatic rings. The highest BCUT2D eigenvalue weighted by atomic mass is 16.5. The zero-order chi connectivity index (χ0) is 16.2. The Kier molecular flexibility index (Phi) is 5.04. The van der Waals surface area contributed by atoms with E-state index in [0.717, 1.165) is 50.8 Å². The number of rotatable bonds is 4. The second-order valence-electron chi connectivity index (χ2n) is 6.57. The van der Waals surface area contributed by atoms with Crippen molar-refractivity contribution in [1.29, 1.82) is 0 Å². The van der Waals surface area contributed by atoms with Crippen LogP contribution in [0.1, 0.15) is 13.8 Å². The molecule has 0 aromatic heterocycles. The lowest BCUT2D eigenvalue weighted by atomic mass is 10.2. The molecule has 0 saturated carbocycles. The molecule has 3 rings (SSSR count). The van der Waals surface area contributed by atoms with E-state index in [1.54, 1.807) is 0 Å². The Bertz CT molecular complexity index is 573. The summed E-state index contributed by atoms with van der Waals surface area (Å²) in [6.45, 7) is 20.1. The van der Waals surface area contributed by atoms with Gasteiger partial charge in [0.2, 0.25) is 0 Å². The Morgan fingerprint density at radius 2 is 1.91 bits per heavy atom. The van der Waals surface area contributed by atoms with Crippen molar-refractivity contribution in [2.45, 2.75) is 19.9 Å². The van der Waals surface area contributed by atoms with Crippen molar-refractivity contribution in [3.63, 3.8) is 0 Å². The second-order valence-corrected chi connectivity index (χ2v) is 6.57. The van der Waals surface area contributed by atoms with Gasteiger partial charge in [-0.3, -0.25) is 9.80 Å². The lowest BCUT2D eigenvalue weighted by Gasteiger charge is -2.38. The van der Waals surface area contributed by atoms with Gasteiger partial charge in [-0.15, -0.1) is 0 Å². The van der Waals surface area contributed by atoms with Gasteiger partial charge in [0, 0.05) is 45.3 Å². The minimum atomic E-state index is 0.648. The predicted octanol–water partition coefficient (Wildman–Crippen LogP) is 2.46. The van der Waals surface area contributed by atoms with Crippen LogP contribution in [-0.2, 0) is 0 Å². The Morgan fingerprint density at radius 3 is 2.61 bits per heavy atom. The summed E-state index contributed by atoms with van der Waals surface area (Å²) in [5.41, 5.74) is 1.76. The molecule has 1 saturated heterocycles.